The Balaban J connectivity index is 4.19. The Morgan fingerprint density at radius 1 is 1.14 bits per heavy atom. The van der Waals surface area contributed by atoms with E-state index in [1.54, 1.807) is 0 Å². The summed E-state index contributed by atoms with van der Waals surface area (Å²) in [7, 11) is 0. The van der Waals surface area contributed by atoms with E-state index in [0.29, 0.717) is 0 Å². The van der Waals surface area contributed by atoms with Crippen molar-refractivity contribution in [2.75, 3.05) is 19.6 Å². The minimum Gasteiger partial charge on any atom is -0.303 e. The third-order valence-corrected chi connectivity index (χ3v) is 2.85. The second-order valence-electron chi connectivity index (χ2n) is 4.94. The molecule has 0 fully saturated rings. The number of rotatable bonds is 7. The second-order valence-corrected chi connectivity index (χ2v) is 4.94. The molecule has 1 nitrogen and oxygen atoms in total. The minimum absolute atomic E-state index is 0.254. The predicted molar refractivity (Wildman–Crippen MR) is 65.6 cm³/mol. The van der Waals surface area contributed by atoms with Crippen LogP contribution in [-0.4, -0.2) is 24.5 Å². The molecule has 0 aromatic rings. The van der Waals surface area contributed by atoms with Crippen LogP contribution >= 0.6 is 0 Å². The van der Waals surface area contributed by atoms with Crippen LogP contribution in [0.4, 0.5) is 0 Å². The Morgan fingerprint density at radius 3 is 1.86 bits per heavy atom. The number of hydrogen-bond acceptors (Lipinski definition) is 1. The molecule has 0 aromatic heterocycles. The van der Waals surface area contributed by atoms with Crippen molar-refractivity contribution < 1.29 is 0 Å². The summed E-state index contributed by atoms with van der Waals surface area (Å²) in [5, 5.41) is 0. The lowest BCUT2D eigenvalue weighted by Crippen LogP contribution is -2.35. The van der Waals surface area contributed by atoms with E-state index in [2.05, 4.69) is 46.1 Å². The molecule has 0 aliphatic rings. The largest absolute Gasteiger partial charge is 0.303 e. The van der Waals surface area contributed by atoms with Crippen LogP contribution < -0.4 is 0 Å². The molecule has 0 spiro atoms. The van der Waals surface area contributed by atoms with Crippen LogP contribution in [0.1, 0.15) is 47.5 Å². The van der Waals surface area contributed by atoms with Gasteiger partial charge in [0, 0.05) is 6.54 Å². The summed E-state index contributed by atoms with van der Waals surface area (Å²) in [4.78, 5) is 2.55. The van der Waals surface area contributed by atoms with Gasteiger partial charge in [-0.15, -0.1) is 0 Å². The third-order valence-electron chi connectivity index (χ3n) is 2.85. The SMILES string of the molecule is C=C(C)C(C)(C)CN(CCC)CCC. The average molecular weight is 197 g/mol. The highest BCUT2D eigenvalue weighted by atomic mass is 15.1. The van der Waals surface area contributed by atoms with Gasteiger partial charge in [0.2, 0.25) is 0 Å². The van der Waals surface area contributed by atoms with Crippen molar-refractivity contribution in [3.05, 3.63) is 12.2 Å². The first-order valence-electron chi connectivity index (χ1n) is 5.82. The lowest BCUT2D eigenvalue weighted by Gasteiger charge is -2.33. The average Bonchev–Trinajstić information content (AvgIpc) is 2.04. The summed E-state index contributed by atoms with van der Waals surface area (Å²) in [6.07, 6.45) is 2.48. The van der Waals surface area contributed by atoms with Crippen LogP contribution in [0.2, 0.25) is 0 Å². The van der Waals surface area contributed by atoms with E-state index in [-0.39, 0.29) is 5.41 Å². The fourth-order valence-corrected chi connectivity index (χ4v) is 1.60. The quantitative estimate of drug-likeness (QED) is 0.562. The molecule has 0 radical (unpaired) electrons. The minimum atomic E-state index is 0.254. The maximum absolute atomic E-state index is 4.07. The smallest absolute Gasteiger partial charge is 0.00698 e. The van der Waals surface area contributed by atoms with Gasteiger partial charge >= 0.3 is 0 Å². The van der Waals surface area contributed by atoms with Crippen molar-refractivity contribution >= 4 is 0 Å². The van der Waals surface area contributed by atoms with Crippen LogP contribution in [0, 0.1) is 5.41 Å². The van der Waals surface area contributed by atoms with Crippen molar-refractivity contribution in [3.63, 3.8) is 0 Å². The van der Waals surface area contributed by atoms with Gasteiger partial charge in [-0.1, -0.05) is 39.8 Å². The summed E-state index contributed by atoms with van der Waals surface area (Å²) >= 11 is 0. The Kier molecular flexibility index (Phi) is 6.10. The zero-order chi connectivity index (χ0) is 11.2. The van der Waals surface area contributed by atoms with Gasteiger partial charge in [0.15, 0.2) is 0 Å². The van der Waals surface area contributed by atoms with E-state index in [9.17, 15) is 0 Å². The highest BCUT2D eigenvalue weighted by Crippen LogP contribution is 2.25. The van der Waals surface area contributed by atoms with Crippen LogP contribution in [-0.2, 0) is 0 Å². The summed E-state index contributed by atoms with van der Waals surface area (Å²) in [5.74, 6) is 0. The summed E-state index contributed by atoms with van der Waals surface area (Å²) in [6, 6.07) is 0. The second kappa shape index (κ2) is 6.23. The van der Waals surface area contributed by atoms with Gasteiger partial charge in [-0.05, 0) is 38.3 Å². The normalized spacial score (nSPS) is 12.1. The molecule has 0 aromatic carbocycles. The molecule has 0 unspecified atom stereocenters. The number of hydrogen-bond donors (Lipinski definition) is 0. The van der Waals surface area contributed by atoms with E-state index in [4.69, 9.17) is 0 Å². The van der Waals surface area contributed by atoms with Crippen LogP contribution in [0.5, 0.6) is 0 Å². The molecule has 0 aliphatic carbocycles. The van der Waals surface area contributed by atoms with Crippen molar-refractivity contribution in [1.82, 2.24) is 4.90 Å². The van der Waals surface area contributed by atoms with Gasteiger partial charge in [-0.25, -0.2) is 0 Å². The molecule has 1 heteroatoms. The Hall–Kier alpha value is -0.300. The van der Waals surface area contributed by atoms with Gasteiger partial charge in [0.1, 0.15) is 0 Å². The zero-order valence-corrected chi connectivity index (χ0v) is 10.7. The first-order valence-corrected chi connectivity index (χ1v) is 5.82. The highest BCUT2D eigenvalue weighted by Gasteiger charge is 2.21. The van der Waals surface area contributed by atoms with Crippen molar-refractivity contribution in [2.45, 2.75) is 47.5 Å². The Labute approximate surface area is 90.2 Å². The molecule has 0 saturated heterocycles. The van der Waals surface area contributed by atoms with E-state index in [1.807, 2.05) is 0 Å². The van der Waals surface area contributed by atoms with Gasteiger partial charge in [-0.3, -0.25) is 0 Å². The first kappa shape index (κ1) is 13.7. The Morgan fingerprint density at radius 2 is 1.57 bits per heavy atom. The van der Waals surface area contributed by atoms with Crippen molar-refractivity contribution in [2.24, 2.45) is 5.41 Å². The van der Waals surface area contributed by atoms with Gasteiger partial charge in [0.05, 0.1) is 0 Å². The summed E-state index contributed by atoms with van der Waals surface area (Å²) in [6.45, 7) is 18.8. The van der Waals surface area contributed by atoms with Gasteiger partial charge in [-0.2, -0.15) is 0 Å². The molecule has 0 bridgehead atoms. The molecule has 0 amide bonds. The van der Waals surface area contributed by atoms with E-state index >= 15 is 0 Å². The van der Waals surface area contributed by atoms with Gasteiger partial charge in [0.25, 0.3) is 0 Å². The van der Waals surface area contributed by atoms with Crippen molar-refractivity contribution in [3.8, 4) is 0 Å². The maximum Gasteiger partial charge on any atom is 0.00698 e. The lowest BCUT2D eigenvalue weighted by atomic mass is 9.85. The molecule has 0 heterocycles. The van der Waals surface area contributed by atoms with E-state index in [1.165, 1.54) is 31.5 Å². The van der Waals surface area contributed by atoms with Crippen LogP contribution in [0.15, 0.2) is 12.2 Å². The predicted octanol–water partition coefficient (Wildman–Crippen LogP) is 3.71. The summed E-state index contributed by atoms with van der Waals surface area (Å²) < 4.78 is 0. The molecule has 0 aliphatic heterocycles. The first-order chi connectivity index (χ1) is 6.44. The maximum atomic E-state index is 4.07. The molecule has 0 saturated carbocycles. The van der Waals surface area contributed by atoms with E-state index in [0.717, 1.165) is 6.54 Å². The molecule has 0 rings (SSSR count). The fraction of sp³-hybridized carbons (Fsp3) is 0.846. The molecular weight excluding hydrogens is 170 g/mol. The Bertz CT molecular complexity index is 164. The number of nitrogens with zero attached hydrogens (tertiary/aromatic N) is 1. The highest BCUT2D eigenvalue weighted by molar-refractivity contribution is 5.04. The monoisotopic (exact) mass is 197 g/mol. The zero-order valence-electron chi connectivity index (χ0n) is 10.7. The standard InChI is InChI=1S/C13H27N/c1-7-9-14(10-8-2)11-13(5,6)12(3)4/h3,7-11H2,1-2,4-6H3. The molecule has 84 valence electrons. The van der Waals surface area contributed by atoms with Crippen LogP contribution in [0.3, 0.4) is 0 Å². The molecular formula is C13H27N. The molecule has 0 N–H and O–H groups in total. The molecule has 14 heavy (non-hydrogen) atoms. The lowest BCUT2D eigenvalue weighted by molar-refractivity contribution is 0.202. The fourth-order valence-electron chi connectivity index (χ4n) is 1.60. The third kappa shape index (κ3) is 4.80. The topological polar surface area (TPSA) is 3.24 Å². The summed E-state index contributed by atoms with van der Waals surface area (Å²) in [5.41, 5.74) is 1.54. The van der Waals surface area contributed by atoms with E-state index < -0.39 is 0 Å². The molecule has 0 atom stereocenters. The van der Waals surface area contributed by atoms with Gasteiger partial charge < -0.3 is 4.90 Å². The van der Waals surface area contributed by atoms with Crippen LogP contribution in [0.25, 0.3) is 0 Å². The van der Waals surface area contributed by atoms with Crippen molar-refractivity contribution in [1.29, 1.82) is 0 Å².